The summed E-state index contributed by atoms with van der Waals surface area (Å²) in [5, 5.41) is 0. The van der Waals surface area contributed by atoms with Crippen LogP contribution >= 0.6 is 11.3 Å². The standard InChI is InChI=1S/C24H19F2N3O6S2/c1-34-17-7-9-18(10-8-17)37(32,33)28-16-5-3-14(4-6-16)23(31)27-24-29(13-21(30)35-2)22-19(26)11-15(25)12-20(22)36-24/h3-12,28H,13H2,1-2H3. The molecule has 0 saturated carbocycles. The van der Waals surface area contributed by atoms with E-state index in [1.54, 1.807) is 0 Å². The van der Waals surface area contributed by atoms with Gasteiger partial charge in [-0.25, -0.2) is 17.2 Å². The van der Waals surface area contributed by atoms with Gasteiger partial charge in [-0.1, -0.05) is 11.3 Å². The fourth-order valence-electron chi connectivity index (χ4n) is 3.36. The number of aromatic nitrogens is 1. The topological polar surface area (TPSA) is 116 Å². The molecule has 3 aromatic carbocycles. The molecule has 13 heteroatoms. The molecule has 0 aliphatic heterocycles. The van der Waals surface area contributed by atoms with E-state index < -0.39 is 40.1 Å². The highest BCUT2D eigenvalue weighted by molar-refractivity contribution is 7.92. The minimum Gasteiger partial charge on any atom is -0.497 e. The number of rotatable bonds is 7. The van der Waals surface area contributed by atoms with Gasteiger partial charge in [-0.15, -0.1) is 0 Å². The fraction of sp³-hybridized carbons (Fsp3) is 0.125. The van der Waals surface area contributed by atoms with Crippen LogP contribution in [-0.4, -0.2) is 39.1 Å². The molecule has 0 aliphatic rings. The molecule has 0 bridgehead atoms. The summed E-state index contributed by atoms with van der Waals surface area (Å²) < 4.78 is 66.8. The monoisotopic (exact) mass is 547 g/mol. The molecule has 4 rings (SSSR count). The van der Waals surface area contributed by atoms with E-state index in [2.05, 4.69) is 14.5 Å². The summed E-state index contributed by atoms with van der Waals surface area (Å²) in [7, 11) is -1.27. The first kappa shape index (κ1) is 26.0. The number of nitrogens with zero attached hydrogens (tertiary/aromatic N) is 2. The van der Waals surface area contributed by atoms with E-state index in [1.807, 2.05) is 0 Å². The van der Waals surface area contributed by atoms with Gasteiger partial charge in [-0.05, 0) is 54.6 Å². The van der Waals surface area contributed by atoms with E-state index in [9.17, 15) is 26.8 Å². The van der Waals surface area contributed by atoms with Crippen molar-refractivity contribution < 1.29 is 36.3 Å². The molecule has 1 amide bonds. The van der Waals surface area contributed by atoms with Gasteiger partial charge in [0.2, 0.25) is 0 Å². The summed E-state index contributed by atoms with van der Waals surface area (Å²) in [4.78, 5) is 28.7. The number of hydrogen-bond acceptors (Lipinski definition) is 7. The lowest BCUT2D eigenvalue weighted by Gasteiger charge is -2.09. The van der Waals surface area contributed by atoms with E-state index in [0.29, 0.717) is 11.8 Å². The van der Waals surface area contributed by atoms with E-state index in [0.717, 1.165) is 29.1 Å². The van der Waals surface area contributed by atoms with Crippen LogP contribution in [0.25, 0.3) is 10.2 Å². The number of thiazole rings is 1. The highest BCUT2D eigenvalue weighted by Gasteiger charge is 2.18. The van der Waals surface area contributed by atoms with Crippen molar-refractivity contribution in [2.75, 3.05) is 18.9 Å². The summed E-state index contributed by atoms with van der Waals surface area (Å²) in [6.07, 6.45) is 0. The van der Waals surface area contributed by atoms with Gasteiger partial charge in [0.05, 0.1) is 29.3 Å². The van der Waals surface area contributed by atoms with E-state index >= 15 is 0 Å². The van der Waals surface area contributed by atoms with Crippen molar-refractivity contribution in [1.82, 2.24) is 4.57 Å². The van der Waals surface area contributed by atoms with E-state index in [1.165, 1.54) is 55.6 Å². The third kappa shape index (κ3) is 5.67. The van der Waals surface area contributed by atoms with Gasteiger partial charge in [0.25, 0.3) is 15.9 Å². The van der Waals surface area contributed by atoms with Crippen molar-refractivity contribution in [3.63, 3.8) is 0 Å². The molecule has 0 unspecified atom stereocenters. The Kier molecular flexibility index (Phi) is 7.36. The quantitative estimate of drug-likeness (QED) is 0.353. The lowest BCUT2D eigenvalue weighted by molar-refractivity contribution is -0.141. The van der Waals surface area contributed by atoms with Crippen molar-refractivity contribution in [1.29, 1.82) is 0 Å². The molecule has 192 valence electrons. The summed E-state index contributed by atoms with van der Waals surface area (Å²) >= 11 is 0.826. The Labute approximate surface area is 213 Å². The van der Waals surface area contributed by atoms with Crippen molar-refractivity contribution in [3.8, 4) is 5.75 Å². The first-order valence-electron chi connectivity index (χ1n) is 10.5. The van der Waals surface area contributed by atoms with Crippen molar-refractivity contribution >= 4 is 49.1 Å². The number of methoxy groups -OCH3 is 2. The minimum atomic E-state index is -3.89. The second-order valence-corrected chi connectivity index (χ2v) is 10.2. The number of amides is 1. The Morgan fingerprint density at radius 1 is 1.03 bits per heavy atom. The third-order valence-corrected chi connectivity index (χ3v) is 7.58. The van der Waals surface area contributed by atoms with E-state index in [4.69, 9.17) is 4.74 Å². The van der Waals surface area contributed by atoms with Crippen LogP contribution in [0.1, 0.15) is 10.4 Å². The van der Waals surface area contributed by atoms with Crippen LogP contribution in [0.2, 0.25) is 0 Å². The molecule has 0 aliphatic carbocycles. The zero-order chi connectivity index (χ0) is 26.7. The van der Waals surface area contributed by atoms with Gasteiger partial charge in [0, 0.05) is 17.3 Å². The molecular formula is C24H19F2N3O6S2. The Morgan fingerprint density at radius 3 is 2.32 bits per heavy atom. The van der Waals surface area contributed by atoms with Crippen LogP contribution in [0.4, 0.5) is 14.5 Å². The number of carbonyl (C=O) groups is 2. The third-order valence-electron chi connectivity index (χ3n) is 5.16. The fourth-order valence-corrected chi connectivity index (χ4v) is 5.48. The Balaban J connectivity index is 1.63. The van der Waals surface area contributed by atoms with Crippen LogP contribution in [0.3, 0.4) is 0 Å². The Hall–Kier alpha value is -4.10. The summed E-state index contributed by atoms with van der Waals surface area (Å²) in [5.74, 6) is -2.69. The molecule has 9 nitrogen and oxygen atoms in total. The lowest BCUT2D eigenvalue weighted by atomic mass is 10.2. The first-order chi connectivity index (χ1) is 17.6. The number of benzene rings is 3. The average Bonchev–Trinajstić information content (AvgIpc) is 3.20. The second kappa shape index (κ2) is 10.5. The first-order valence-corrected chi connectivity index (χ1v) is 12.8. The highest BCUT2D eigenvalue weighted by Crippen LogP contribution is 2.23. The van der Waals surface area contributed by atoms with Crippen LogP contribution in [0.5, 0.6) is 5.75 Å². The smallest absolute Gasteiger partial charge is 0.325 e. The van der Waals surface area contributed by atoms with Crippen LogP contribution < -0.4 is 14.3 Å². The summed E-state index contributed by atoms with van der Waals surface area (Å²) in [6, 6.07) is 13.0. The number of esters is 1. The maximum Gasteiger partial charge on any atom is 0.325 e. The molecule has 1 heterocycles. The van der Waals surface area contributed by atoms with Gasteiger partial charge in [0.1, 0.15) is 18.1 Å². The predicted octanol–water partition coefficient (Wildman–Crippen LogP) is 3.70. The molecule has 0 fully saturated rings. The number of anilines is 1. The highest BCUT2D eigenvalue weighted by atomic mass is 32.2. The van der Waals surface area contributed by atoms with Gasteiger partial charge < -0.3 is 14.0 Å². The number of sulfonamides is 1. The molecule has 0 saturated heterocycles. The Bertz CT molecular complexity index is 1660. The molecule has 1 aromatic heterocycles. The second-order valence-electron chi connectivity index (χ2n) is 7.56. The molecule has 0 radical (unpaired) electrons. The summed E-state index contributed by atoms with van der Waals surface area (Å²) in [6.45, 7) is -0.447. The largest absolute Gasteiger partial charge is 0.497 e. The number of halogens is 2. The van der Waals surface area contributed by atoms with Crippen molar-refractivity contribution in [2.45, 2.75) is 11.4 Å². The molecular weight excluding hydrogens is 528 g/mol. The number of carbonyl (C=O) groups excluding carboxylic acids is 2. The van der Waals surface area contributed by atoms with Gasteiger partial charge >= 0.3 is 5.97 Å². The lowest BCUT2D eigenvalue weighted by Crippen LogP contribution is -2.23. The maximum absolute atomic E-state index is 14.5. The van der Waals surface area contributed by atoms with Crippen LogP contribution in [0.15, 0.2) is 70.6 Å². The molecule has 37 heavy (non-hydrogen) atoms. The van der Waals surface area contributed by atoms with Gasteiger partial charge in [-0.3, -0.25) is 14.3 Å². The van der Waals surface area contributed by atoms with Crippen LogP contribution in [-0.2, 0) is 26.1 Å². The van der Waals surface area contributed by atoms with Crippen LogP contribution in [0, 0.1) is 11.6 Å². The number of fused-ring (bicyclic) bond motifs is 1. The zero-order valence-corrected chi connectivity index (χ0v) is 21.0. The zero-order valence-electron chi connectivity index (χ0n) is 19.4. The Morgan fingerprint density at radius 2 is 1.70 bits per heavy atom. The van der Waals surface area contributed by atoms with Gasteiger partial charge in [0.15, 0.2) is 10.6 Å². The number of hydrogen-bond donors (Lipinski definition) is 1. The number of ether oxygens (including phenoxy) is 2. The molecule has 4 aromatic rings. The SMILES string of the molecule is COC(=O)Cn1c(=NC(=O)c2ccc(NS(=O)(=O)c3ccc(OC)cc3)cc2)sc2cc(F)cc(F)c21. The van der Waals surface area contributed by atoms with E-state index in [-0.39, 0.29) is 31.2 Å². The van der Waals surface area contributed by atoms with Crippen molar-refractivity contribution in [3.05, 3.63) is 82.7 Å². The normalized spacial score (nSPS) is 11.9. The minimum absolute atomic E-state index is 0.0204. The summed E-state index contributed by atoms with van der Waals surface area (Å²) in [5.41, 5.74) is 0.209. The molecule has 0 spiro atoms. The molecule has 1 N–H and O–H groups in total. The van der Waals surface area contributed by atoms with Crippen molar-refractivity contribution in [2.24, 2.45) is 4.99 Å². The average molecular weight is 548 g/mol. The maximum atomic E-state index is 14.5. The predicted molar refractivity (Wildman–Crippen MR) is 132 cm³/mol. The van der Waals surface area contributed by atoms with Gasteiger partial charge in [-0.2, -0.15) is 4.99 Å². The number of nitrogens with one attached hydrogen (secondary N) is 1. The molecule has 0 atom stereocenters.